The van der Waals surface area contributed by atoms with Gasteiger partial charge in [-0.05, 0) is 19.1 Å². The fraction of sp³-hybridized carbons (Fsp3) is 0.235. The van der Waals surface area contributed by atoms with Crippen LogP contribution in [-0.4, -0.2) is 38.9 Å². The second-order valence-electron chi connectivity index (χ2n) is 5.86. The molecule has 3 rings (SSSR count). The maximum absolute atomic E-state index is 12.4. The number of benzene rings is 1. The van der Waals surface area contributed by atoms with Crippen LogP contribution in [0.15, 0.2) is 18.2 Å². The zero-order chi connectivity index (χ0) is 19.7. The van der Waals surface area contributed by atoms with E-state index in [1.807, 2.05) is 6.07 Å². The van der Waals surface area contributed by atoms with E-state index in [-0.39, 0.29) is 27.6 Å². The molecule has 10 heteroatoms. The van der Waals surface area contributed by atoms with Crippen LogP contribution in [0, 0.1) is 18.3 Å². The monoisotopic (exact) mass is 405 g/mol. The van der Waals surface area contributed by atoms with Crippen LogP contribution in [0.1, 0.15) is 32.8 Å². The van der Waals surface area contributed by atoms with E-state index in [4.69, 9.17) is 28.5 Å². The lowest BCUT2D eigenvalue weighted by Gasteiger charge is -2.14. The van der Waals surface area contributed by atoms with E-state index >= 15 is 0 Å². The number of halogens is 2. The lowest BCUT2D eigenvalue weighted by atomic mass is 10.1. The second kappa shape index (κ2) is 7.39. The van der Waals surface area contributed by atoms with Crippen LogP contribution in [-0.2, 0) is 11.3 Å². The molecule has 0 saturated carbocycles. The predicted molar refractivity (Wildman–Crippen MR) is 97.7 cm³/mol. The Morgan fingerprint density at radius 3 is 2.33 bits per heavy atom. The van der Waals surface area contributed by atoms with Crippen molar-refractivity contribution in [3.63, 3.8) is 0 Å². The third-order valence-corrected chi connectivity index (χ3v) is 4.64. The van der Waals surface area contributed by atoms with Crippen LogP contribution in [0.25, 0.3) is 0 Å². The van der Waals surface area contributed by atoms with Crippen LogP contribution in [0.5, 0.6) is 0 Å². The minimum atomic E-state index is -0.613. The second-order valence-corrected chi connectivity index (χ2v) is 6.67. The molecule has 1 aliphatic heterocycles. The first-order valence-corrected chi connectivity index (χ1v) is 8.64. The molecule has 0 radical (unpaired) electrons. The molecule has 0 atom stereocenters. The number of carbonyl (C=O) groups is 3. The highest BCUT2D eigenvalue weighted by Crippen LogP contribution is 2.31. The van der Waals surface area contributed by atoms with E-state index in [0.29, 0.717) is 18.1 Å². The van der Waals surface area contributed by atoms with E-state index in [1.165, 1.54) is 16.8 Å². The summed E-state index contributed by atoms with van der Waals surface area (Å²) in [5.74, 6) is -1.41. The quantitative estimate of drug-likeness (QED) is 0.768. The molecule has 2 aromatic rings. The Hall–Kier alpha value is -2.89. The highest BCUT2D eigenvalue weighted by molar-refractivity contribution is 6.43. The minimum absolute atomic E-state index is 0.108. The molecule has 0 unspecified atom stereocenters. The molecule has 1 N–H and O–H groups in total. The normalized spacial score (nSPS) is 12.9. The SMILES string of the molecule is Cc1cc(NC(=O)CN2C(=O)c3cc(Cl)c(Cl)cc3C2=O)n(CCC#N)n1. The summed E-state index contributed by atoms with van der Waals surface area (Å²) in [6.07, 6.45) is 0.226. The van der Waals surface area contributed by atoms with Gasteiger partial charge in [0.2, 0.25) is 5.91 Å². The van der Waals surface area contributed by atoms with Gasteiger partial charge in [-0.15, -0.1) is 0 Å². The average molecular weight is 406 g/mol. The summed E-state index contributed by atoms with van der Waals surface area (Å²) in [5, 5.41) is 15.8. The summed E-state index contributed by atoms with van der Waals surface area (Å²) in [4.78, 5) is 38.1. The molecular formula is C17H13Cl2N5O3. The first-order chi connectivity index (χ1) is 12.8. The molecule has 1 aliphatic rings. The van der Waals surface area contributed by atoms with Crippen molar-refractivity contribution < 1.29 is 14.4 Å². The van der Waals surface area contributed by atoms with Gasteiger partial charge < -0.3 is 5.32 Å². The highest BCUT2D eigenvalue weighted by Gasteiger charge is 2.37. The van der Waals surface area contributed by atoms with E-state index in [9.17, 15) is 14.4 Å². The fourth-order valence-corrected chi connectivity index (χ4v) is 3.05. The number of nitrogens with zero attached hydrogens (tertiary/aromatic N) is 4. The first kappa shape index (κ1) is 18.9. The summed E-state index contributed by atoms with van der Waals surface area (Å²) >= 11 is 11.8. The van der Waals surface area contributed by atoms with Crippen molar-refractivity contribution in [2.75, 3.05) is 11.9 Å². The molecule has 1 aromatic carbocycles. The molecule has 3 amide bonds. The van der Waals surface area contributed by atoms with Crippen LogP contribution < -0.4 is 5.32 Å². The molecule has 138 valence electrons. The summed E-state index contributed by atoms with van der Waals surface area (Å²) in [7, 11) is 0. The van der Waals surface area contributed by atoms with Gasteiger partial charge >= 0.3 is 0 Å². The number of nitrogens with one attached hydrogen (secondary N) is 1. The first-order valence-electron chi connectivity index (χ1n) is 7.88. The number of fused-ring (bicyclic) bond motifs is 1. The van der Waals surface area contributed by atoms with Crippen LogP contribution in [0.3, 0.4) is 0 Å². The molecule has 0 fully saturated rings. The number of imide groups is 1. The Kier molecular flexibility index (Phi) is 5.17. The number of nitriles is 1. The minimum Gasteiger partial charge on any atom is -0.309 e. The summed E-state index contributed by atoms with van der Waals surface area (Å²) in [6, 6.07) is 6.27. The number of rotatable bonds is 5. The Bertz CT molecular complexity index is 968. The number of hydrogen-bond donors (Lipinski definition) is 1. The number of carbonyl (C=O) groups excluding carboxylic acids is 3. The van der Waals surface area contributed by atoms with Crippen molar-refractivity contribution in [3.8, 4) is 6.07 Å². The zero-order valence-electron chi connectivity index (χ0n) is 14.1. The maximum atomic E-state index is 12.4. The van der Waals surface area contributed by atoms with Crippen LogP contribution in [0.4, 0.5) is 5.82 Å². The Morgan fingerprint density at radius 2 is 1.78 bits per heavy atom. The van der Waals surface area contributed by atoms with E-state index in [1.54, 1.807) is 13.0 Å². The van der Waals surface area contributed by atoms with E-state index < -0.39 is 24.3 Å². The van der Waals surface area contributed by atoms with Gasteiger partial charge in [-0.25, -0.2) is 4.68 Å². The molecular weight excluding hydrogens is 393 g/mol. The third kappa shape index (κ3) is 3.65. The third-order valence-electron chi connectivity index (χ3n) is 3.92. The van der Waals surface area contributed by atoms with E-state index in [0.717, 1.165) is 4.90 Å². The predicted octanol–water partition coefficient (Wildman–Crippen LogP) is 2.65. The van der Waals surface area contributed by atoms with E-state index in [2.05, 4.69) is 10.4 Å². The Morgan fingerprint density at radius 1 is 1.19 bits per heavy atom. The van der Waals surface area contributed by atoms with Crippen molar-refractivity contribution >= 4 is 46.7 Å². The van der Waals surface area contributed by atoms with Crippen molar-refractivity contribution in [1.82, 2.24) is 14.7 Å². The van der Waals surface area contributed by atoms with Gasteiger partial charge in [0.25, 0.3) is 11.8 Å². The lowest BCUT2D eigenvalue weighted by Crippen LogP contribution is -2.37. The smallest absolute Gasteiger partial charge is 0.262 e. The summed E-state index contributed by atoms with van der Waals surface area (Å²) in [5.41, 5.74) is 0.877. The van der Waals surface area contributed by atoms with Crippen molar-refractivity contribution in [2.45, 2.75) is 19.9 Å². The van der Waals surface area contributed by atoms with Gasteiger partial charge in [0.1, 0.15) is 12.4 Å². The van der Waals surface area contributed by atoms with Crippen molar-refractivity contribution in [2.24, 2.45) is 0 Å². The molecule has 2 heterocycles. The highest BCUT2D eigenvalue weighted by atomic mass is 35.5. The largest absolute Gasteiger partial charge is 0.309 e. The zero-order valence-corrected chi connectivity index (χ0v) is 15.6. The van der Waals surface area contributed by atoms with Crippen molar-refractivity contribution in [1.29, 1.82) is 5.26 Å². The van der Waals surface area contributed by atoms with Crippen molar-refractivity contribution in [3.05, 3.63) is 45.1 Å². The maximum Gasteiger partial charge on any atom is 0.262 e. The van der Waals surface area contributed by atoms with Gasteiger partial charge in [-0.3, -0.25) is 19.3 Å². The van der Waals surface area contributed by atoms with Gasteiger partial charge in [0, 0.05) is 6.07 Å². The number of hydrogen-bond acceptors (Lipinski definition) is 5. The number of amides is 3. The Labute approximate surface area is 164 Å². The molecule has 27 heavy (non-hydrogen) atoms. The van der Waals surface area contributed by atoms with Gasteiger partial charge in [0.15, 0.2) is 0 Å². The lowest BCUT2D eigenvalue weighted by molar-refractivity contribution is -0.116. The van der Waals surface area contributed by atoms with Gasteiger partial charge in [0.05, 0.1) is 45.9 Å². The van der Waals surface area contributed by atoms with Crippen LogP contribution in [0.2, 0.25) is 10.0 Å². The summed E-state index contributed by atoms with van der Waals surface area (Å²) in [6.45, 7) is 1.59. The number of aromatic nitrogens is 2. The van der Waals surface area contributed by atoms with Crippen LogP contribution >= 0.6 is 23.2 Å². The molecule has 0 aliphatic carbocycles. The van der Waals surface area contributed by atoms with Gasteiger partial charge in [-0.2, -0.15) is 10.4 Å². The molecule has 0 bridgehead atoms. The number of anilines is 1. The molecule has 1 aromatic heterocycles. The average Bonchev–Trinajstić information content (AvgIpc) is 3.06. The van der Waals surface area contributed by atoms with Gasteiger partial charge in [-0.1, -0.05) is 23.2 Å². The summed E-state index contributed by atoms with van der Waals surface area (Å²) < 4.78 is 1.48. The standard InChI is InChI=1S/C17H13Cl2N5O3/c1-9-5-14(24(22-9)4-2-3-20)21-15(25)8-23-16(26)10-6-12(18)13(19)7-11(10)17(23)27/h5-7H,2,4,8H2,1H3,(H,21,25). The topological polar surface area (TPSA) is 108 Å². The molecule has 8 nitrogen and oxygen atoms in total. The fourth-order valence-electron chi connectivity index (χ4n) is 2.73. The Balaban J connectivity index is 1.75. The molecule has 0 saturated heterocycles. The number of aryl methyl sites for hydroxylation is 2. The molecule has 0 spiro atoms.